The van der Waals surface area contributed by atoms with E-state index in [0.29, 0.717) is 5.92 Å². The molecule has 0 saturated carbocycles. The van der Waals surface area contributed by atoms with Crippen LogP contribution in [0.15, 0.2) is 12.1 Å². The Balaban J connectivity index is 1.83. The summed E-state index contributed by atoms with van der Waals surface area (Å²) in [6.45, 7) is 12.3. The lowest BCUT2D eigenvalue weighted by atomic mass is 9.96. The third kappa shape index (κ3) is 5.30. The van der Waals surface area contributed by atoms with Crippen LogP contribution in [0, 0.1) is 19.8 Å². The highest BCUT2D eigenvalue weighted by molar-refractivity contribution is 6.30. The summed E-state index contributed by atoms with van der Waals surface area (Å²) < 4.78 is 5.44. The quantitative estimate of drug-likeness (QED) is 0.830. The third-order valence-corrected chi connectivity index (χ3v) is 4.55. The van der Waals surface area contributed by atoms with Gasteiger partial charge in [-0.1, -0.05) is 11.6 Å². The van der Waals surface area contributed by atoms with Gasteiger partial charge in [0.1, 0.15) is 5.60 Å². The standard InChI is InChI=1S/C19H29ClN2O2/c1-13-10-16(20)11-14(2)17(13)21-12-15-6-8-22(9-7-15)18(23)24-19(3,4)5/h10-11,15,21H,6-9,12H2,1-5H3. The zero-order valence-electron chi connectivity index (χ0n) is 15.4. The van der Waals surface area contributed by atoms with Crippen molar-refractivity contribution in [2.75, 3.05) is 25.0 Å². The summed E-state index contributed by atoms with van der Waals surface area (Å²) in [5, 5.41) is 4.35. The molecule has 0 radical (unpaired) electrons. The van der Waals surface area contributed by atoms with Crippen LogP contribution in [0.4, 0.5) is 10.5 Å². The van der Waals surface area contributed by atoms with E-state index >= 15 is 0 Å². The van der Waals surface area contributed by atoms with E-state index in [1.807, 2.05) is 37.8 Å². The Morgan fingerprint density at radius 3 is 2.29 bits per heavy atom. The molecule has 1 amide bonds. The number of anilines is 1. The first-order valence-electron chi connectivity index (χ1n) is 8.64. The van der Waals surface area contributed by atoms with Crippen LogP contribution < -0.4 is 5.32 Å². The van der Waals surface area contributed by atoms with Gasteiger partial charge in [-0.2, -0.15) is 0 Å². The first-order chi connectivity index (χ1) is 11.2. The number of piperidine rings is 1. The number of aryl methyl sites for hydroxylation is 2. The molecule has 1 aromatic rings. The molecular formula is C19H29ClN2O2. The first kappa shape index (κ1) is 18.9. The van der Waals surface area contributed by atoms with Gasteiger partial charge in [0.05, 0.1) is 0 Å². The third-order valence-electron chi connectivity index (χ3n) is 4.33. The lowest BCUT2D eigenvalue weighted by Crippen LogP contribution is -2.42. The van der Waals surface area contributed by atoms with E-state index in [1.54, 1.807) is 0 Å². The summed E-state index contributed by atoms with van der Waals surface area (Å²) in [6.07, 6.45) is 1.80. The minimum absolute atomic E-state index is 0.196. The van der Waals surface area contributed by atoms with Crippen LogP contribution in [0.5, 0.6) is 0 Å². The number of carbonyl (C=O) groups is 1. The van der Waals surface area contributed by atoms with Gasteiger partial charge >= 0.3 is 6.09 Å². The number of halogens is 1. The predicted molar refractivity (Wildman–Crippen MR) is 99.9 cm³/mol. The first-order valence-corrected chi connectivity index (χ1v) is 9.02. The number of ether oxygens (including phenoxy) is 1. The summed E-state index contributed by atoms with van der Waals surface area (Å²) in [4.78, 5) is 13.9. The van der Waals surface area contributed by atoms with Crippen LogP contribution in [-0.4, -0.2) is 36.2 Å². The lowest BCUT2D eigenvalue weighted by molar-refractivity contribution is 0.0188. The molecule has 0 unspecified atom stereocenters. The van der Waals surface area contributed by atoms with E-state index in [2.05, 4.69) is 19.2 Å². The molecule has 5 heteroatoms. The second-order valence-corrected chi connectivity index (χ2v) is 8.14. The second kappa shape index (κ2) is 7.64. The Morgan fingerprint density at radius 2 is 1.79 bits per heavy atom. The molecule has 0 atom stereocenters. The molecule has 1 saturated heterocycles. The number of amides is 1. The molecule has 1 heterocycles. The Morgan fingerprint density at radius 1 is 1.25 bits per heavy atom. The monoisotopic (exact) mass is 352 g/mol. The highest BCUT2D eigenvalue weighted by Gasteiger charge is 2.26. The summed E-state index contributed by atoms with van der Waals surface area (Å²) in [5.74, 6) is 0.568. The van der Waals surface area contributed by atoms with E-state index in [1.165, 1.54) is 16.8 Å². The Hall–Kier alpha value is -1.42. The lowest BCUT2D eigenvalue weighted by Gasteiger charge is -2.33. The number of hydrogen-bond acceptors (Lipinski definition) is 3. The molecule has 0 bridgehead atoms. The average molecular weight is 353 g/mol. The van der Waals surface area contributed by atoms with Crippen LogP contribution >= 0.6 is 11.6 Å². The highest BCUT2D eigenvalue weighted by atomic mass is 35.5. The van der Waals surface area contributed by atoms with Crippen LogP contribution in [0.1, 0.15) is 44.7 Å². The van der Waals surface area contributed by atoms with Gasteiger partial charge in [0.15, 0.2) is 0 Å². The van der Waals surface area contributed by atoms with Crippen LogP contribution in [-0.2, 0) is 4.74 Å². The van der Waals surface area contributed by atoms with Gasteiger partial charge in [-0.25, -0.2) is 4.79 Å². The maximum atomic E-state index is 12.1. The van der Waals surface area contributed by atoms with E-state index in [-0.39, 0.29) is 6.09 Å². The Kier molecular flexibility index (Phi) is 6.02. The SMILES string of the molecule is Cc1cc(Cl)cc(C)c1NCC1CCN(C(=O)OC(C)(C)C)CC1. The van der Waals surface area contributed by atoms with Gasteiger partial charge in [0.25, 0.3) is 0 Å². The van der Waals surface area contributed by atoms with Gasteiger partial charge in [-0.3, -0.25) is 0 Å². The molecule has 1 fully saturated rings. The van der Waals surface area contributed by atoms with E-state index < -0.39 is 5.60 Å². The van der Waals surface area contributed by atoms with Gasteiger partial charge in [0.2, 0.25) is 0 Å². The van der Waals surface area contributed by atoms with Crippen molar-refractivity contribution in [2.45, 2.75) is 53.1 Å². The summed E-state index contributed by atoms with van der Waals surface area (Å²) >= 11 is 6.09. The normalized spacial score (nSPS) is 16.2. The molecular weight excluding hydrogens is 324 g/mol. The molecule has 1 aliphatic heterocycles. The maximum absolute atomic E-state index is 12.1. The highest BCUT2D eigenvalue weighted by Crippen LogP contribution is 2.26. The summed E-state index contributed by atoms with van der Waals surface area (Å²) in [5.41, 5.74) is 3.09. The Bertz CT molecular complexity index is 565. The van der Waals surface area contributed by atoms with Gasteiger partial charge < -0.3 is 15.0 Å². The van der Waals surface area contributed by atoms with Crippen LogP contribution in [0.3, 0.4) is 0 Å². The molecule has 2 rings (SSSR count). The fourth-order valence-electron chi connectivity index (χ4n) is 3.08. The molecule has 134 valence electrons. The number of carbonyl (C=O) groups excluding carboxylic acids is 1. The minimum Gasteiger partial charge on any atom is -0.444 e. The van der Waals surface area contributed by atoms with Gasteiger partial charge in [0, 0.05) is 30.3 Å². The fraction of sp³-hybridized carbons (Fsp3) is 0.632. The zero-order chi connectivity index (χ0) is 17.9. The molecule has 0 aliphatic carbocycles. The van der Waals surface area contributed by atoms with E-state index in [4.69, 9.17) is 16.3 Å². The number of benzene rings is 1. The van der Waals surface area contributed by atoms with Crippen molar-refractivity contribution in [1.82, 2.24) is 4.90 Å². The average Bonchev–Trinajstić information content (AvgIpc) is 2.45. The van der Waals surface area contributed by atoms with Crippen molar-refractivity contribution in [1.29, 1.82) is 0 Å². The number of nitrogens with one attached hydrogen (secondary N) is 1. The molecule has 1 N–H and O–H groups in total. The molecule has 24 heavy (non-hydrogen) atoms. The Labute approximate surface area is 150 Å². The van der Waals surface area contributed by atoms with Gasteiger partial charge in [-0.15, -0.1) is 0 Å². The number of likely N-dealkylation sites (tertiary alicyclic amines) is 1. The largest absolute Gasteiger partial charge is 0.444 e. The molecule has 1 aliphatic rings. The minimum atomic E-state index is -0.431. The molecule has 1 aromatic carbocycles. The maximum Gasteiger partial charge on any atom is 0.410 e. The van der Waals surface area contributed by atoms with Gasteiger partial charge in [-0.05, 0) is 76.6 Å². The van der Waals surface area contributed by atoms with Crippen molar-refractivity contribution >= 4 is 23.4 Å². The topological polar surface area (TPSA) is 41.6 Å². The second-order valence-electron chi connectivity index (χ2n) is 7.71. The number of rotatable bonds is 3. The molecule has 4 nitrogen and oxygen atoms in total. The van der Waals surface area contributed by atoms with Crippen molar-refractivity contribution in [2.24, 2.45) is 5.92 Å². The summed E-state index contributed by atoms with van der Waals surface area (Å²) in [6, 6.07) is 3.98. The van der Waals surface area contributed by atoms with E-state index in [9.17, 15) is 4.79 Å². The number of nitrogens with zero attached hydrogens (tertiary/aromatic N) is 1. The van der Waals surface area contributed by atoms with E-state index in [0.717, 1.165) is 37.5 Å². The van der Waals surface area contributed by atoms with Crippen molar-refractivity contribution in [3.8, 4) is 0 Å². The number of hydrogen-bond donors (Lipinski definition) is 1. The molecule has 0 aromatic heterocycles. The van der Waals surface area contributed by atoms with Crippen molar-refractivity contribution in [3.63, 3.8) is 0 Å². The summed E-state index contributed by atoms with van der Waals surface area (Å²) in [7, 11) is 0. The van der Waals surface area contributed by atoms with Crippen molar-refractivity contribution < 1.29 is 9.53 Å². The predicted octanol–water partition coefficient (Wildman–Crippen LogP) is 5.02. The van der Waals surface area contributed by atoms with Crippen molar-refractivity contribution in [3.05, 3.63) is 28.3 Å². The van der Waals surface area contributed by atoms with Crippen LogP contribution in [0.25, 0.3) is 0 Å². The fourth-order valence-corrected chi connectivity index (χ4v) is 3.41. The molecule has 0 spiro atoms. The van der Waals surface area contributed by atoms with Crippen LogP contribution in [0.2, 0.25) is 5.02 Å². The smallest absolute Gasteiger partial charge is 0.410 e. The zero-order valence-corrected chi connectivity index (χ0v) is 16.2.